The van der Waals surface area contributed by atoms with E-state index in [-0.39, 0.29) is 23.2 Å². The average Bonchev–Trinajstić information content (AvgIpc) is 3.22. The monoisotopic (exact) mass is 434 g/mol. The van der Waals surface area contributed by atoms with Crippen LogP contribution in [0.3, 0.4) is 0 Å². The first-order valence-corrected chi connectivity index (χ1v) is 10.3. The Morgan fingerprint density at radius 2 is 1.94 bits per heavy atom. The van der Waals surface area contributed by atoms with Crippen molar-refractivity contribution in [3.63, 3.8) is 0 Å². The number of ether oxygens (including phenoxy) is 2. The van der Waals surface area contributed by atoms with Crippen molar-refractivity contribution in [2.75, 3.05) is 7.11 Å². The second-order valence-corrected chi connectivity index (χ2v) is 7.51. The molecule has 31 heavy (non-hydrogen) atoms. The second-order valence-electron chi connectivity index (χ2n) is 7.51. The Bertz CT molecular complexity index is 824. The fourth-order valence-electron chi connectivity index (χ4n) is 3.40. The van der Waals surface area contributed by atoms with Gasteiger partial charge in [-0.15, -0.1) is 0 Å². The lowest BCUT2D eigenvalue weighted by molar-refractivity contribution is -0.152. The Hall–Kier alpha value is -3.07. The summed E-state index contributed by atoms with van der Waals surface area (Å²) in [5.41, 5.74) is 4.99. The van der Waals surface area contributed by atoms with Crippen molar-refractivity contribution in [2.24, 2.45) is 5.73 Å². The quantitative estimate of drug-likeness (QED) is 0.357. The van der Waals surface area contributed by atoms with Crippen LogP contribution in [0.25, 0.3) is 0 Å². The summed E-state index contributed by atoms with van der Waals surface area (Å²) < 4.78 is 10.7. The van der Waals surface area contributed by atoms with Gasteiger partial charge in [-0.2, -0.15) is 0 Å². The van der Waals surface area contributed by atoms with E-state index in [2.05, 4.69) is 0 Å². The van der Waals surface area contributed by atoms with Gasteiger partial charge in [-0.1, -0.05) is 25.0 Å². The molecule has 0 saturated carbocycles. The third-order valence-electron chi connectivity index (χ3n) is 5.14. The molecule has 3 atom stereocenters. The number of carbonyl (C=O) groups excluding carboxylic acids is 3. The van der Waals surface area contributed by atoms with Gasteiger partial charge in [0.25, 0.3) is 5.91 Å². The number of aromatic hydroxyl groups is 1. The molecule has 0 bridgehead atoms. The van der Waals surface area contributed by atoms with Crippen molar-refractivity contribution < 1.29 is 34.1 Å². The molecule has 0 aliphatic carbocycles. The minimum Gasteiger partial charge on any atom is -0.507 e. The lowest BCUT2D eigenvalue weighted by Gasteiger charge is -2.25. The van der Waals surface area contributed by atoms with Crippen molar-refractivity contribution in [3.05, 3.63) is 36.0 Å². The molecule has 4 N–H and O–H groups in total. The van der Waals surface area contributed by atoms with Crippen LogP contribution >= 0.6 is 0 Å². The molecule has 0 radical (unpaired) electrons. The van der Waals surface area contributed by atoms with Crippen molar-refractivity contribution in [1.82, 2.24) is 4.90 Å². The molecule has 2 rings (SSSR count). The molecule has 9 heteroatoms. The third kappa shape index (κ3) is 6.45. The number of benzene rings is 1. The number of esters is 1. The first kappa shape index (κ1) is 24.2. The van der Waals surface area contributed by atoms with Gasteiger partial charge in [0, 0.05) is 6.20 Å². The Morgan fingerprint density at radius 1 is 1.23 bits per heavy atom. The maximum absolute atomic E-state index is 13.0. The number of amides is 2. The summed E-state index contributed by atoms with van der Waals surface area (Å²) in [5, 5.41) is 19.5. The van der Waals surface area contributed by atoms with E-state index < -0.39 is 29.9 Å². The molecule has 1 heterocycles. The van der Waals surface area contributed by atoms with Crippen LogP contribution in [0.4, 0.5) is 0 Å². The number of hydrogen-bond donors (Lipinski definition) is 3. The highest BCUT2D eigenvalue weighted by atomic mass is 16.5. The predicted molar refractivity (Wildman–Crippen MR) is 112 cm³/mol. The zero-order valence-electron chi connectivity index (χ0n) is 17.8. The standard InChI is InChI=1S/C22H30N2O7/c1-14(8-4-3-5-10-17(26)20(23)27)31-22(29)15-9-7-13-24(15)21(28)19-16(25)11-6-12-18(19)30-2/h6-7,11-15,17,25-26H,3-5,8-10H2,1-2H3,(H2,23,27)/t14-,15+,17-/m1/s1. The molecule has 2 amide bonds. The number of carbonyl (C=O) groups is 3. The summed E-state index contributed by atoms with van der Waals surface area (Å²) in [6, 6.07) is 3.69. The van der Waals surface area contributed by atoms with Gasteiger partial charge in [-0.3, -0.25) is 9.59 Å². The lowest BCUT2D eigenvalue weighted by Crippen LogP contribution is -2.40. The molecule has 0 saturated heterocycles. The number of methoxy groups -OCH3 is 1. The molecule has 170 valence electrons. The number of nitrogens with two attached hydrogens (primary N) is 1. The Balaban J connectivity index is 1.88. The van der Waals surface area contributed by atoms with Gasteiger partial charge in [-0.25, -0.2) is 4.79 Å². The maximum atomic E-state index is 13.0. The topological polar surface area (TPSA) is 139 Å². The number of hydrogen-bond acceptors (Lipinski definition) is 7. The molecule has 1 aliphatic rings. The molecule has 0 unspecified atom stereocenters. The van der Waals surface area contributed by atoms with Gasteiger partial charge in [0.2, 0.25) is 5.91 Å². The highest BCUT2D eigenvalue weighted by molar-refractivity contribution is 6.02. The molecule has 0 fully saturated rings. The SMILES string of the molecule is COc1cccc(O)c1C(=O)N1C=CC[C@H]1C(=O)O[C@H](C)CCCCC[C@@H](O)C(N)=O. The van der Waals surface area contributed by atoms with Gasteiger partial charge in [0.05, 0.1) is 13.2 Å². The van der Waals surface area contributed by atoms with Crippen LogP contribution in [0.15, 0.2) is 30.5 Å². The zero-order valence-corrected chi connectivity index (χ0v) is 17.8. The first-order valence-electron chi connectivity index (χ1n) is 10.3. The largest absolute Gasteiger partial charge is 0.507 e. The van der Waals surface area contributed by atoms with Crippen molar-refractivity contribution in [3.8, 4) is 11.5 Å². The first-order chi connectivity index (χ1) is 14.8. The Labute approximate surface area is 181 Å². The molecular formula is C22H30N2O7. The van der Waals surface area contributed by atoms with Crippen molar-refractivity contribution in [2.45, 2.75) is 63.7 Å². The van der Waals surface area contributed by atoms with Crippen molar-refractivity contribution >= 4 is 17.8 Å². The number of phenolic OH excluding ortho intramolecular Hbond substituents is 1. The van der Waals surface area contributed by atoms with Crippen LogP contribution in [-0.2, 0) is 14.3 Å². The summed E-state index contributed by atoms with van der Waals surface area (Å²) in [4.78, 5) is 37.7. The number of aliphatic hydroxyl groups is 1. The minimum atomic E-state index is -1.13. The van der Waals surface area contributed by atoms with E-state index in [1.54, 1.807) is 25.1 Å². The van der Waals surface area contributed by atoms with Crippen molar-refractivity contribution in [1.29, 1.82) is 0 Å². The van der Waals surface area contributed by atoms with Gasteiger partial charge < -0.3 is 30.3 Å². The fraction of sp³-hybridized carbons (Fsp3) is 0.500. The molecule has 1 aliphatic heterocycles. The third-order valence-corrected chi connectivity index (χ3v) is 5.14. The predicted octanol–water partition coefficient (Wildman–Crippen LogP) is 1.86. The van der Waals surface area contributed by atoms with E-state index in [1.807, 2.05) is 0 Å². The van der Waals surface area contributed by atoms with E-state index in [9.17, 15) is 24.6 Å². The summed E-state index contributed by atoms with van der Waals surface area (Å²) in [6.07, 6.45) is 5.11. The number of primary amides is 1. The van der Waals surface area contributed by atoms with E-state index in [4.69, 9.17) is 15.2 Å². The Kier molecular flexibility index (Phi) is 8.87. The molecule has 1 aromatic carbocycles. The number of nitrogens with zero attached hydrogens (tertiary/aromatic N) is 1. The van der Waals surface area contributed by atoms with Gasteiger partial charge in [-0.05, 0) is 44.7 Å². The molecule has 0 aromatic heterocycles. The molecule has 9 nitrogen and oxygen atoms in total. The summed E-state index contributed by atoms with van der Waals surface area (Å²) in [5.74, 6) is -1.82. The summed E-state index contributed by atoms with van der Waals surface area (Å²) in [6.45, 7) is 1.77. The van der Waals surface area contributed by atoms with E-state index in [1.165, 1.54) is 24.3 Å². The van der Waals surface area contributed by atoms with Crippen LogP contribution in [0.5, 0.6) is 11.5 Å². The highest BCUT2D eigenvalue weighted by Crippen LogP contribution is 2.31. The van der Waals surface area contributed by atoms with E-state index in [0.717, 1.165) is 12.8 Å². The number of unbranched alkanes of at least 4 members (excludes halogenated alkanes) is 2. The average molecular weight is 434 g/mol. The van der Waals surface area contributed by atoms with Gasteiger partial charge in [0.1, 0.15) is 29.2 Å². The smallest absolute Gasteiger partial charge is 0.329 e. The van der Waals surface area contributed by atoms with Gasteiger partial charge >= 0.3 is 5.97 Å². The molecular weight excluding hydrogens is 404 g/mol. The van der Waals surface area contributed by atoms with Crippen LogP contribution in [0.1, 0.15) is 55.8 Å². The van der Waals surface area contributed by atoms with E-state index in [0.29, 0.717) is 25.7 Å². The number of phenols is 1. The maximum Gasteiger partial charge on any atom is 0.329 e. The van der Waals surface area contributed by atoms with E-state index >= 15 is 0 Å². The number of aliphatic hydroxyl groups excluding tert-OH is 1. The lowest BCUT2D eigenvalue weighted by atomic mass is 10.1. The second kappa shape index (κ2) is 11.4. The Morgan fingerprint density at radius 3 is 2.61 bits per heavy atom. The number of rotatable bonds is 11. The van der Waals surface area contributed by atoms with Crippen LogP contribution in [0, 0.1) is 0 Å². The normalized spacial score (nSPS) is 17.3. The molecule has 1 aromatic rings. The van der Waals surface area contributed by atoms with Crippen LogP contribution in [0.2, 0.25) is 0 Å². The van der Waals surface area contributed by atoms with Crippen LogP contribution < -0.4 is 10.5 Å². The summed E-state index contributed by atoms with van der Waals surface area (Å²) >= 11 is 0. The minimum absolute atomic E-state index is 0.0134. The fourth-order valence-corrected chi connectivity index (χ4v) is 3.40. The highest BCUT2D eigenvalue weighted by Gasteiger charge is 2.35. The molecule has 0 spiro atoms. The summed E-state index contributed by atoms with van der Waals surface area (Å²) in [7, 11) is 1.40. The zero-order chi connectivity index (χ0) is 23.0. The van der Waals surface area contributed by atoms with Crippen LogP contribution in [-0.4, -0.2) is 58.3 Å². The van der Waals surface area contributed by atoms with Gasteiger partial charge in [0.15, 0.2) is 0 Å².